The van der Waals surface area contributed by atoms with E-state index in [1.165, 1.54) is 0 Å². The van der Waals surface area contributed by atoms with Crippen molar-refractivity contribution in [2.24, 2.45) is 5.10 Å². The second-order valence-electron chi connectivity index (χ2n) is 5.05. The van der Waals surface area contributed by atoms with E-state index in [4.69, 9.17) is 9.47 Å². The zero-order valence-corrected chi connectivity index (χ0v) is 12.6. The molecule has 1 aliphatic rings. The van der Waals surface area contributed by atoms with E-state index in [2.05, 4.69) is 26.3 Å². The van der Waals surface area contributed by atoms with Crippen LogP contribution in [0.25, 0.3) is 0 Å². The number of hydrogen-bond donors (Lipinski definition) is 0. The van der Waals surface area contributed by atoms with Crippen molar-refractivity contribution in [1.29, 1.82) is 0 Å². The molecule has 116 valence electrons. The van der Waals surface area contributed by atoms with E-state index in [0.29, 0.717) is 0 Å². The Bertz CT molecular complexity index is 621. The summed E-state index contributed by atoms with van der Waals surface area (Å²) in [5, 5.41) is 11.7. The van der Waals surface area contributed by atoms with Gasteiger partial charge in [0.25, 0.3) is 0 Å². The van der Waals surface area contributed by atoms with E-state index < -0.39 is 0 Å². The summed E-state index contributed by atoms with van der Waals surface area (Å²) < 4.78 is 12.4. The van der Waals surface area contributed by atoms with Gasteiger partial charge in [0, 0.05) is 25.2 Å². The lowest BCUT2D eigenvalue weighted by atomic mass is 10.1. The van der Waals surface area contributed by atoms with Crippen LogP contribution in [0.2, 0.25) is 0 Å². The highest BCUT2D eigenvalue weighted by molar-refractivity contribution is 5.80. The number of benzene rings is 1. The van der Waals surface area contributed by atoms with Crippen LogP contribution in [0.5, 0.6) is 5.75 Å². The molecule has 7 heteroatoms. The third-order valence-corrected chi connectivity index (χ3v) is 3.55. The summed E-state index contributed by atoms with van der Waals surface area (Å²) >= 11 is 0. The van der Waals surface area contributed by atoms with Crippen LogP contribution in [0.4, 0.5) is 0 Å². The molecule has 3 rings (SSSR count). The van der Waals surface area contributed by atoms with E-state index in [1.54, 1.807) is 30.7 Å². The minimum atomic E-state index is 0.789. The van der Waals surface area contributed by atoms with Crippen LogP contribution in [0.1, 0.15) is 11.1 Å². The number of hydrogen-bond acceptors (Lipinski definition) is 6. The van der Waals surface area contributed by atoms with Gasteiger partial charge in [0.15, 0.2) is 0 Å². The molecular formula is C15H19N5O2. The fraction of sp³-hybridized carbons (Fsp3) is 0.400. The Morgan fingerprint density at radius 2 is 2.05 bits per heavy atom. The minimum Gasteiger partial charge on any atom is -0.496 e. The third-order valence-electron chi connectivity index (χ3n) is 3.55. The summed E-state index contributed by atoms with van der Waals surface area (Å²) in [6, 6.07) is 6.06. The predicted octanol–water partition coefficient (Wildman–Crippen LogP) is 1.00. The molecule has 0 aliphatic carbocycles. The Hall–Kier alpha value is -2.25. The second-order valence-corrected chi connectivity index (χ2v) is 5.05. The maximum Gasteiger partial charge on any atom is 0.141 e. The highest BCUT2D eigenvalue weighted by atomic mass is 16.5. The third kappa shape index (κ3) is 3.69. The lowest BCUT2D eigenvalue weighted by Crippen LogP contribution is -2.35. The largest absolute Gasteiger partial charge is 0.496 e. The first kappa shape index (κ1) is 14.7. The lowest BCUT2D eigenvalue weighted by Gasteiger charge is -2.27. The van der Waals surface area contributed by atoms with E-state index in [1.807, 2.05) is 12.1 Å². The molecule has 0 N–H and O–H groups in total. The van der Waals surface area contributed by atoms with Crippen LogP contribution < -0.4 is 4.74 Å². The normalized spacial score (nSPS) is 16.2. The van der Waals surface area contributed by atoms with Crippen LogP contribution >= 0.6 is 0 Å². The van der Waals surface area contributed by atoms with Crippen molar-refractivity contribution in [1.82, 2.24) is 19.8 Å². The Morgan fingerprint density at radius 3 is 2.77 bits per heavy atom. The Labute approximate surface area is 129 Å². The molecule has 1 aromatic carbocycles. The second kappa shape index (κ2) is 7.15. The van der Waals surface area contributed by atoms with Gasteiger partial charge in [0.1, 0.15) is 18.4 Å². The van der Waals surface area contributed by atoms with Gasteiger partial charge in [-0.25, -0.2) is 4.68 Å². The Kier molecular flexibility index (Phi) is 4.77. The Balaban J connectivity index is 1.76. The molecule has 22 heavy (non-hydrogen) atoms. The molecule has 0 radical (unpaired) electrons. The molecule has 0 spiro atoms. The summed E-state index contributed by atoms with van der Waals surface area (Å²) in [4.78, 5) is 2.36. The molecule has 0 atom stereocenters. The molecule has 7 nitrogen and oxygen atoms in total. The number of ether oxygens (including phenoxy) is 2. The summed E-state index contributed by atoms with van der Waals surface area (Å²) in [5.74, 6) is 0.896. The van der Waals surface area contributed by atoms with E-state index in [-0.39, 0.29) is 0 Å². The van der Waals surface area contributed by atoms with Gasteiger partial charge < -0.3 is 9.47 Å². The number of rotatable bonds is 5. The van der Waals surface area contributed by atoms with Crippen molar-refractivity contribution in [2.45, 2.75) is 6.54 Å². The summed E-state index contributed by atoms with van der Waals surface area (Å²) in [7, 11) is 1.70. The van der Waals surface area contributed by atoms with Crippen molar-refractivity contribution in [2.75, 3.05) is 33.4 Å². The number of morpholine rings is 1. The van der Waals surface area contributed by atoms with Crippen molar-refractivity contribution in [3.63, 3.8) is 0 Å². The molecular weight excluding hydrogens is 282 g/mol. The highest BCUT2D eigenvalue weighted by Gasteiger charge is 2.13. The molecule has 1 aliphatic heterocycles. The maximum atomic E-state index is 5.46. The van der Waals surface area contributed by atoms with Crippen LogP contribution in [0.3, 0.4) is 0 Å². The predicted molar refractivity (Wildman–Crippen MR) is 82.1 cm³/mol. The summed E-state index contributed by atoms with van der Waals surface area (Å²) in [6.45, 7) is 4.32. The highest BCUT2D eigenvalue weighted by Crippen LogP contribution is 2.21. The van der Waals surface area contributed by atoms with Crippen molar-refractivity contribution < 1.29 is 9.47 Å². The molecule has 1 aromatic heterocycles. The maximum absolute atomic E-state index is 5.46. The number of nitrogens with zero attached hydrogens (tertiary/aromatic N) is 5. The SMILES string of the molecule is COc1ccc(/C=N\n2cnnc2)cc1CN1CCOCC1. The summed E-state index contributed by atoms with van der Waals surface area (Å²) in [5.41, 5.74) is 2.16. The fourth-order valence-corrected chi connectivity index (χ4v) is 2.39. The number of aromatic nitrogens is 3. The zero-order valence-electron chi connectivity index (χ0n) is 12.6. The van der Waals surface area contributed by atoms with Crippen molar-refractivity contribution in [3.05, 3.63) is 42.0 Å². The van der Waals surface area contributed by atoms with Crippen LogP contribution in [-0.2, 0) is 11.3 Å². The monoisotopic (exact) mass is 301 g/mol. The lowest BCUT2D eigenvalue weighted by molar-refractivity contribution is 0.0339. The summed E-state index contributed by atoms with van der Waals surface area (Å²) in [6.07, 6.45) is 4.88. The minimum absolute atomic E-state index is 0.789. The van der Waals surface area contributed by atoms with Gasteiger partial charge >= 0.3 is 0 Å². The van der Waals surface area contributed by atoms with Gasteiger partial charge in [0.2, 0.25) is 0 Å². The fourth-order valence-electron chi connectivity index (χ4n) is 2.39. The van der Waals surface area contributed by atoms with Gasteiger partial charge in [0.05, 0.1) is 26.5 Å². The van der Waals surface area contributed by atoms with Crippen molar-refractivity contribution in [3.8, 4) is 5.75 Å². The number of methoxy groups -OCH3 is 1. The van der Waals surface area contributed by atoms with Gasteiger partial charge in [-0.15, -0.1) is 10.2 Å². The van der Waals surface area contributed by atoms with Gasteiger partial charge in [-0.1, -0.05) is 0 Å². The molecule has 2 heterocycles. The molecule has 0 amide bonds. The molecule has 2 aromatic rings. The molecule has 0 saturated carbocycles. The first-order valence-corrected chi connectivity index (χ1v) is 7.21. The molecule has 1 saturated heterocycles. The van der Waals surface area contributed by atoms with Crippen LogP contribution in [0.15, 0.2) is 36.0 Å². The first-order valence-electron chi connectivity index (χ1n) is 7.21. The smallest absolute Gasteiger partial charge is 0.141 e. The topological polar surface area (TPSA) is 64.8 Å². The van der Waals surface area contributed by atoms with E-state index >= 15 is 0 Å². The Morgan fingerprint density at radius 1 is 1.27 bits per heavy atom. The average molecular weight is 301 g/mol. The molecule has 0 unspecified atom stereocenters. The molecule has 0 bridgehead atoms. The first-order chi connectivity index (χ1) is 10.8. The van der Waals surface area contributed by atoms with Crippen molar-refractivity contribution >= 4 is 6.21 Å². The van der Waals surface area contributed by atoms with E-state index in [0.717, 1.165) is 49.7 Å². The van der Waals surface area contributed by atoms with Crippen LogP contribution in [0, 0.1) is 0 Å². The van der Waals surface area contributed by atoms with Gasteiger partial charge in [-0.2, -0.15) is 5.10 Å². The standard InChI is InChI=1S/C15H19N5O2/c1-21-15-3-2-13(9-18-20-11-16-17-12-20)8-14(15)10-19-4-6-22-7-5-19/h2-3,8-9,11-12H,4-7,10H2,1H3/b18-9-. The van der Waals surface area contributed by atoms with Crippen LogP contribution in [-0.4, -0.2) is 59.4 Å². The zero-order chi connectivity index (χ0) is 15.2. The van der Waals surface area contributed by atoms with Gasteiger partial charge in [-0.3, -0.25) is 4.90 Å². The molecule has 1 fully saturated rings. The quantitative estimate of drug-likeness (QED) is 0.771. The van der Waals surface area contributed by atoms with E-state index in [9.17, 15) is 0 Å². The van der Waals surface area contributed by atoms with Gasteiger partial charge in [-0.05, 0) is 23.8 Å². The average Bonchev–Trinajstić information content (AvgIpc) is 3.08.